The van der Waals surface area contributed by atoms with Crippen LogP contribution in [0, 0.1) is 11.3 Å². The Balaban J connectivity index is 3.21. The summed E-state index contributed by atoms with van der Waals surface area (Å²) in [6.07, 6.45) is 0.582. The largest absolute Gasteiger partial charge is 0.496 e. The first-order valence-corrected chi connectivity index (χ1v) is 4.51. The van der Waals surface area contributed by atoms with Crippen LogP contribution < -0.4 is 4.74 Å². The average Bonchev–Trinajstić information content (AvgIpc) is 2.28. The fourth-order valence-corrected chi connectivity index (χ4v) is 1.31. The van der Waals surface area contributed by atoms with Crippen molar-refractivity contribution >= 4 is 0 Å². The molecule has 0 aliphatic heterocycles. The molecule has 0 unspecified atom stereocenters. The molecule has 1 rings (SSSR count). The van der Waals surface area contributed by atoms with E-state index >= 15 is 0 Å². The fourth-order valence-electron chi connectivity index (χ4n) is 1.31. The molecule has 0 aliphatic carbocycles. The third kappa shape index (κ3) is 2.24. The maximum atomic E-state index is 13.0. The number of aryl methyl sites for hydroxylation is 1. The van der Waals surface area contributed by atoms with Crippen molar-refractivity contribution < 1.29 is 13.5 Å². The zero-order chi connectivity index (χ0) is 11.5. The third-order valence-electron chi connectivity index (χ3n) is 2.16. The highest BCUT2D eigenvalue weighted by Gasteiger charge is 2.31. The van der Waals surface area contributed by atoms with Crippen molar-refractivity contribution in [3.63, 3.8) is 0 Å². The van der Waals surface area contributed by atoms with E-state index in [4.69, 9.17) is 10.00 Å². The second-order valence-electron chi connectivity index (χ2n) is 3.07. The van der Waals surface area contributed by atoms with E-state index in [0.29, 0.717) is 17.7 Å². The number of ether oxygens (including phenoxy) is 1. The monoisotopic (exact) mass is 211 g/mol. The van der Waals surface area contributed by atoms with Gasteiger partial charge in [-0.1, -0.05) is 6.92 Å². The molecule has 1 aromatic carbocycles. The van der Waals surface area contributed by atoms with Gasteiger partial charge in [0, 0.05) is 5.56 Å². The number of halogens is 2. The third-order valence-corrected chi connectivity index (χ3v) is 2.16. The van der Waals surface area contributed by atoms with Crippen molar-refractivity contribution in [1.29, 1.82) is 5.26 Å². The Kier molecular flexibility index (Phi) is 3.25. The van der Waals surface area contributed by atoms with Crippen molar-refractivity contribution in [2.45, 2.75) is 19.3 Å². The van der Waals surface area contributed by atoms with E-state index < -0.39 is 5.92 Å². The molecule has 4 heteroatoms. The van der Waals surface area contributed by atoms with Crippen LogP contribution in [0.2, 0.25) is 0 Å². The van der Waals surface area contributed by atoms with Crippen LogP contribution in [0.25, 0.3) is 0 Å². The second kappa shape index (κ2) is 4.26. The van der Waals surface area contributed by atoms with Crippen LogP contribution in [0.3, 0.4) is 0 Å². The minimum absolute atomic E-state index is 0.289. The van der Waals surface area contributed by atoms with Gasteiger partial charge in [0.1, 0.15) is 11.8 Å². The summed E-state index contributed by atoms with van der Waals surface area (Å²) < 4.78 is 31.1. The molecule has 15 heavy (non-hydrogen) atoms. The van der Waals surface area contributed by atoms with Gasteiger partial charge in [-0.2, -0.15) is 14.0 Å². The summed E-state index contributed by atoms with van der Waals surface area (Å²) in [5.74, 6) is -2.87. The van der Waals surface area contributed by atoms with Crippen molar-refractivity contribution in [3.05, 3.63) is 29.3 Å². The molecule has 2 nitrogen and oxygen atoms in total. The SMILES string of the molecule is CCc1cc(C(F)(F)C#N)ccc1OC. The minimum Gasteiger partial charge on any atom is -0.496 e. The summed E-state index contributed by atoms with van der Waals surface area (Å²) in [4.78, 5) is 0. The Hall–Kier alpha value is -1.63. The number of rotatable bonds is 3. The van der Waals surface area contributed by atoms with E-state index in [1.165, 1.54) is 25.3 Å². The van der Waals surface area contributed by atoms with Crippen molar-refractivity contribution in [1.82, 2.24) is 0 Å². The Labute approximate surface area is 87.1 Å². The van der Waals surface area contributed by atoms with Gasteiger partial charge in [-0.25, -0.2) is 0 Å². The summed E-state index contributed by atoms with van der Waals surface area (Å²) >= 11 is 0. The second-order valence-corrected chi connectivity index (χ2v) is 3.07. The molecule has 0 fully saturated rings. The Morgan fingerprint density at radius 3 is 2.60 bits per heavy atom. The van der Waals surface area contributed by atoms with Gasteiger partial charge < -0.3 is 4.74 Å². The predicted molar refractivity (Wildman–Crippen MR) is 51.9 cm³/mol. The molecule has 0 heterocycles. The highest BCUT2D eigenvalue weighted by molar-refractivity contribution is 5.40. The first-order valence-electron chi connectivity index (χ1n) is 4.51. The lowest BCUT2D eigenvalue weighted by molar-refractivity contribution is 0.0611. The van der Waals surface area contributed by atoms with E-state index in [1.54, 1.807) is 0 Å². The topological polar surface area (TPSA) is 33.0 Å². The van der Waals surface area contributed by atoms with Crippen LogP contribution in [-0.4, -0.2) is 7.11 Å². The van der Waals surface area contributed by atoms with Crippen LogP contribution >= 0.6 is 0 Å². The van der Waals surface area contributed by atoms with Gasteiger partial charge in [0.05, 0.1) is 7.11 Å². The Morgan fingerprint density at radius 2 is 2.13 bits per heavy atom. The first kappa shape index (κ1) is 11.4. The lowest BCUT2D eigenvalue weighted by Gasteiger charge is -2.12. The van der Waals surface area contributed by atoms with Crippen LogP contribution in [0.5, 0.6) is 5.75 Å². The van der Waals surface area contributed by atoms with Crippen LogP contribution in [0.1, 0.15) is 18.1 Å². The maximum Gasteiger partial charge on any atom is 0.357 e. The molecule has 0 N–H and O–H groups in total. The van der Waals surface area contributed by atoms with Crippen molar-refractivity contribution in [3.8, 4) is 11.8 Å². The molecule has 0 radical (unpaired) electrons. The van der Waals surface area contributed by atoms with Gasteiger partial charge in [0.15, 0.2) is 0 Å². The summed E-state index contributed by atoms with van der Waals surface area (Å²) in [6, 6.07) is 4.95. The summed E-state index contributed by atoms with van der Waals surface area (Å²) in [5.41, 5.74) is 0.382. The fraction of sp³-hybridized carbons (Fsp3) is 0.364. The lowest BCUT2D eigenvalue weighted by Crippen LogP contribution is -2.10. The number of benzene rings is 1. The van der Waals surface area contributed by atoms with Crippen LogP contribution in [0.4, 0.5) is 8.78 Å². The van der Waals surface area contributed by atoms with E-state index in [1.807, 2.05) is 6.92 Å². The average molecular weight is 211 g/mol. The first-order chi connectivity index (χ1) is 7.05. The number of nitriles is 1. The molecular weight excluding hydrogens is 200 g/mol. The normalized spacial score (nSPS) is 10.9. The van der Waals surface area contributed by atoms with Gasteiger partial charge in [-0.15, -0.1) is 0 Å². The smallest absolute Gasteiger partial charge is 0.357 e. The van der Waals surface area contributed by atoms with E-state index in [-0.39, 0.29) is 5.56 Å². The van der Waals surface area contributed by atoms with Gasteiger partial charge >= 0.3 is 5.92 Å². The highest BCUT2D eigenvalue weighted by atomic mass is 19.3. The molecule has 0 saturated carbocycles. The molecule has 1 aromatic rings. The van der Waals surface area contributed by atoms with E-state index in [2.05, 4.69) is 0 Å². The van der Waals surface area contributed by atoms with E-state index in [0.717, 1.165) is 6.07 Å². The molecule has 0 spiro atoms. The molecular formula is C11H11F2NO. The molecule has 0 atom stereocenters. The maximum absolute atomic E-state index is 13.0. The molecule has 0 amide bonds. The minimum atomic E-state index is -3.43. The molecule has 0 aliphatic rings. The zero-order valence-electron chi connectivity index (χ0n) is 8.55. The summed E-state index contributed by atoms with van der Waals surface area (Å²) in [5, 5.41) is 8.31. The Bertz CT molecular complexity index is 396. The van der Waals surface area contributed by atoms with Crippen molar-refractivity contribution in [2.24, 2.45) is 0 Å². The molecule has 0 bridgehead atoms. The number of nitrogens with zero attached hydrogens (tertiary/aromatic N) is 1. The van der Waals surface area contributed by atoms with Gasteiger partial charge in [0.25, 0.3) is 0 Å². The predicted octanol–water partition coefficient (Wildman–Crippen LogP) is 2.87. The number of alkyl halides is 2. The standard InChI is InChI=1S/C11H11F2NO/c1-3-8-6-9(11(12,13)7-14)4-5-10(8)15-2/h4-6H,3H2,1-2H3. The van der Waals surface area contributed by atoms with Gasteiger partial charge in [-0.05, 0) is 30.2 Å². The highest BCUT2D eigenvalue weighted by Crippen LogP contribution is 2.30. The summed E-state index contributed by atoms with van der Waals surface area (Å²) in [7, 11) is 1.48. The van der Waals surface area contributed by atoms with Gasteiger partial charge in [-0.3, -0.25) is 0 Å². The molecule has 80 valence electrons. The lowest BCUT2D eigenvalue weighted by atomic mass is 10.0. The number of hydrogen-bond donors (Lipinski definition) is 0. The molecule has 0 saturated heterocycles. The van der Waals surface area contributed by atoms with E-state index in [9.17, 15) is 8.78 Å². The number of methoxy groups -OCH3 is 1. The number of hydrogen-bond acceptors (Lipinski definition) is 2. The zero-order valence-corrected chi connectivity index (χ0v) is 8.55. The molecule has 0 aromatic heterocycles. The van der Waals surface area contributed by atoms with Crippen LogP contribution in [-0.2, 0) is 12.3 Å². The quantitative estimate of drug-likeness (QED) is 0.770. The van der Waals surface area contributed by atoms with Gasteiger partial charge in [0.2, 0.25) is 0 Å². The summed E-state index contributed by atoms with van der Waals surface area (Å²) in [6.45, 7) is 1.84. The van der Waals surface area contributed by atoms with Crippen molar-refractivity contribution in [2.75, 3.05) is 7.11 Å². The Morgan fingerprint density at radius 1 is 1.47 bits per heavy atom. The van der Waals surface area contributed by atoms with Crippen LogP contribution in [0.15, 0.2) is 18.2 Å².